The highest BCUT2D eigenvalue weighted by atomic mass is 32.2. The van der Waals surface area contributed by atoms with Crippen LogP contribution < -0.4 is 0 Å². The number of sulfone groups is 1. The van der Waals surface area contributed by atoms with Crippen molar-refractivity contribution in [1.82, 2.24) is 9.80 Å². The number of benzene rings is 1. The summed E-state index contributed by atoms with van der Waals surface area (Å²) in [6, 6.07) is 3.56. The summed E-state index contributed by atoms with van der Waals surface area (Å²) >= 11 is 0. The fourth-order valence-electron chi connectivity index (χ4n) is 3.88. The molecule has 0 amide bonds. The van der Waals surface area contributed by atoms with Gasteiger partial charge in [0.05, 0.1) is 11.5 Å². The van der Waals surface area contributed by atoms with Crippen LogP contribution in [0, 0.1) is 17.6 Å². The molecule has 2 aliphatic heterocycles. The van der Waals surface area contributed by atoms with E-state index in [2.05, 4.69) is 18.7 Å². The van der Waals surface area contributed by atoms with Crippen LogP contribution in [0.5, 0.6) is 0 Å². The van der Waals surface area contributed by atoms with Gasteiger partial charge in [-0.25, -0.2) is 17.2 Å². The summed E-state index contributed by atoms with van der Waals surface area (Å²) < 4.78 is 52.2. The van der Waals surface area contributed by atoms with Crippen molar-refractivity contribution in [1.29, 1.82) is 0 Å². The molecular weight excluding hydrogens is 334 g/mol. The predicted molar refractivity (Wildman–Crippen MR) is 89.4 cm³/mol. The summed E-state index contributed by atoms with van der Waals surface area (Å²) in [5.74, 6) is -0.485. The van der Waals surface area contributed by atoms with Crippen LogP contribution in [-0.2, 0) is 16.4 Å². The molecule has 0 aliphatic carbocycles. The molecule has 2 fully saturated rings. The van der Waals surface area contributed by atoms with Gasteiger partial charge in [0.2, 0.25) is 0 Å². The van der Waals surface area contributed by atoms with Crippen LogP contribution in [0.2, 0.25) is 0 Å². The van der Waals surface area contributed by atoms with E-state index < -0.39 is 21.5 Å². The van der Waals surface area contributed by atoms with Gasteiger partial charge in [0.1, 0.15) is 11.6 Å². The highest BCUT2D eigenvalue weighted by Crippen LogP contribution is 2.29. The van der Waals surface area contributed by atoms with E-state index in [-0.39, 0.29) is 35.7 Å². The van der Waals surface area contributed by atoms with Crippen molar-refractivity contribution in [3.8, 4) is 0 Å². The summed E-state index contributed by atoms with van der Waals surface area (Å²) in [5, 5.41) is 0. The molecule has 3 rings (SSSR count). The predicted octanol–water partition coefficient (Wildman–Crippen LogP) is 1.90. The summed E-state index contributed by atoms with van der Waals surface area (Å²) in [6.07, 6.45) is 0. The Morgan fingerprint density at radius 1 is 1.08 bits per heavy atom. The van der Waals surface area contributed by atoms with Crippen molar-refractivity contribution >= 4 is 9.84 Å². The number of piperazine rings is 1. The molecule has 0 unspecified atom stereocenters. The van der Waals surface area contributed by atoms with Gasteiger partial charge in [-0.2, -0.15) is 0 Å². The van der Waals surface area contributed by atoms with E-state index in [0.29, 0.717) is 12.5 Å². The smallest absolute Gasteiger partial charge is 0.153 e. The normalized spacial score (nSPS) is 27.5. The lowest BCUT2D eigenvalue weighted by atomic mass is 10.0. The molecule has 0 N–H and O–H groups in total. The first kappa shape index (κ1) is 17.8. The van der Waals surface area contributed by atoms with Crippen molar-refractivity contribution < 1.29 is 17.2 Å². The quantitative estimate of drug-likeness (QED) is 0.824. The highest BCUT2D eigenvalue weighted by molar-refractivity contribution is 7.91. The van der Waals surface area contributed by atoms with E-state index >= 15 is 0 Å². The molecule has 2 saturated heterocycles. The van der Waals surface area contributed by atoms with E-state index in [9.17, 15) is 17.2 Å². The second kappa shape index (κ2) is 6.69. The maximum atomic E-state index is 14.0. The zero-order valence-corrected chi connectivity index (χ0v) is 14.9. The van der Waals surface area contributed by atoms with Gasteiger partial charge >= 0.3 is 0 Å². The molecule has 7 heteroatoms. The topological polar surface area (TPSA) is 40.6 Å². The first-order chi connectivity index (χ1) is 11.3. The maximum absolute atomic E-state index is 14.0. The summed E-state index contributed by atoms with van der Waals surface area (Å²) in [6.45, 7) is 6.53. The third-order valence-electron chi connectivity index (χ3n) is 4.93. The molecule has 134 valence electrons. The summed E-state index contributed by atoms with van der Waals surface area (Å²) in [4.78, 5) is 4.17. The van der Waals surface area contributed by atoms with Crippen LogP contribution in [0.3, 0.4) is 0 Å². The number of nitrogens with zero attached hydrogens (tertiary/aromatic N) is 2. The maximum Gasteiger partial charge on any atom is 0.153 e. The third kappa shape index (κ3) is 3.63. The molecule has 2 heterocycles. The second-order valence-corrected chi connectivity index (χ2v) is 9.42. The number of rotatable bonds is 4. The van der Waals surface area contributed by atoms with Crippen molar-refractivity contribution in [2.24, 2.45) is 5.92 Å². The van der Waals surface area contributed by atoms with Crippen molar-refractivity contribution in [2.45, 2.75) is 32.5 Å². The zero-order chi connectivity index (χ0) is 17.5. The lowest BCUT2D eigenvalue weighted by molar-refractivity contribution is 0.0325. The Morgan fingerprint density at radius 3 is 2.21 bits per heavy atom. The molecule has 0 saturated carbocycles. The van der Waals surface area contributed by atoms with Crippen LogP contribution in [0.25, 0.3) is 0 Å². The number of hydrogen-bond donors (Lipinski definition) is 0. The van der Waals surface area contributed by atoms with Crippen LogP contribution in [0.15, 0.2) is 18.2 Å². The minimum absolute atomic E-state index is 0.0258. The van der Waals surface area contributed by atoms with Gasteiger partial charge in [-0.1, -0.05) is 19.9 Å². The van der Waals surface area contributed by atoms with Crippen LogP contribution in [0.1, 0.15) is 19.4 Å². The van der Waals surface area contributed by atoms with Crippen molar-refractivity contribution in [2.75, 3.05) is 31.1 Å². The van der Waals surface area contributed by atoms with Crippen LogP contribution in [-0.4, -0.2) is 61.4 Å². The van der Waals surface area contributed by atoms with E-state index in [4.69, 9.17) is 0 Å². The Labute approximate surface area is 142 Å². The third-order valence-corrected chi connectivity index (χ3v) is 6.63. The van der Waals surface area contributed by atoms with Crippen molar-refractivity contribution in [3.05, 3.63) is 35.4 Å². The van der Waals surface area contributed by atoms with Gasteiger partial charge in [0.25, 0.3) is 0 Å². The lowest BCUT2D eigenvalue weighted by Crippen LogP contribution is -2.59. The van der Waals surface area contributed by atoms with E-state index in [0.717, 1.165) is 13.1 Å². The molecule has 0 spiro atoms. The van der Waals surface area contributed by atoms with E-state index in [1.807, 2.05) is 4.90 Å². The van der Waals surface area contributed by atoms with Crippen LogP contribution in [0.4, 0.5) is 8.78 Å². The molecule has 2 aliphatic rings. The van der Waals surface area contributed by atoms with Gasteiger partial charge in [-0.05, 0) is 18.1 Å². The monoisotopic (exact) mass is 358 g/mol. The SMILES string of the molecule is CC(C)CN1CCN(Cc2c(F)cccc2F)[C@@H]2CS(=O)(=O)C[C@@H]21. The molecule has 0 bridgehead atoms. The first-order valence-electron chi connectivity index (χ1n) is 8.38. The molecule has 1 aromatic carbocycles. The molecule has 0 radical (unpaired) electrons. The molecule has 1 aromatic rings. The minimum atomic E-state index is -3.11. The molecule has 0 aromatic heterocycles. The minimum Gasteiger partial charge on any atom is -0.296 e. The molecular formula is C17H24F2N2O2S. The number of halogens is 2. The van der Waals surface area contributed by atoms with Gasteiger partial charge in [-0.15, -0.1) is 0 Å². The van der Waals surface area contributed by atoms with Gasteiger partial charge in [-0.3, -0.25) is 9.80 Å². The number of fused-ring (bicyclic) bond motifs is 1. The summed E-state index contributed by atoms with van der Waals surface area (Å²) in [7, 11) is -3.11. The van der Waals surface area contributed by atoms with Gasteiger partial charge < -0.3 is 0 Å². The zero-order valence-electron chi connectivity index (χ0n) is 14.1. The average Bonchev–Trinajstić information content (AvgIpc) is 2.80. The van der Waals surface area contributed by atoms with E-state index in [1.54, 1.807) is 0 Å². The second-order valence-electron chi connectivity index (χ2n) is 7.27. The Hall–Kier alpha value is -1.05. The average molecular weight is 358 g/mol. The lowest BCUT2D eigenvalue weighted by Gasteiger charge is -2.44. The fourth-order valence-corrected chi connectivity index (χ4v) is 5.92. The Kier molecular flexibility index (Phi) is 4.95. The Balaban J connectivity index is 1.83. The Morgan fingerprint density at radius 2 is 1.62 bits per heavy atom. The number of hydrogen-bond acceptors (Lipinski definition) is 4. The molecule has 4 nitrogen and oxygen atoms in total. The van der Waals surface area contributed by atoms with E-state index in [1.165, 1.54) is 18.2 Å². The highest BCUT2D eigenvalue weighted by Gasteiger charge is 2.46. The largest absolute Gasteiger partial charge is 0.296 e. The van der Waals surface area contributed by atoms with Crippen LogP contribution >= 0.6 is 0 Å². The first-order valence-corrected chi connectivity index (χ1v) is 10.2. The standard InChI is InChI=1S/C17H24F2N2O2S/c1-12(2)8-20-6-7-21(17-11-24(22,23)10-16(17)20)9-13-14(18)4-3-5-15(13)19/h3-5,12,16-17H,6-11H2,1-2H3/t16-,17+/m0/s1. The van der Waals surface area contributed by atoms with Gasteiger partial charge in [0, 0.05) is 43.8 Å². The molecule has 24 heavy (non-hydrogen) atoms. The summed E-state index contributed by atoms with van der Waals surface area (Å²) in [5.41, 5.74) is 0.0258. The fraction of sp³-hybridized carbons (Fsp3) is 0.647. The van der Waals surface area contributed by atoms with Crippen molar-refractivity contribution in [3.63, 3.8) is 0 Å². The molecule has 2 atom stereocenters. The Bertz CT molecular complexity index is 688. The van der Waals surface area contributed by atoms with Gasteiger partial charge in [0.15, 0.2) is 9.84 Å².